The number of aliphatic hydroxyl groups excluding tert-OH is 1. The van der Waals surface area contributed by atoms with Gasteiger partial charge in [-0.1, -0.05) is 30.3 Å². The molecule has 2 atom stereocenters. The number of furan rings is 1. The van der Waals surface area contributed by atoms with Crippen LogP contribution in [-0.4, -0.2) is 95.0 Å². The van der Waals surface area contributed by atoms with Crippen LogP contribution in [0.25, 0.3) is 0 Å². The number of aromatic hydroxyl groups is 1. The summed E-state index contributed by atoms with van der Waals surface area (Å²) >= 11 is 4.64. The Morgan fingerprint density at radius 2 is 1.73 bits per heavy atom. The molecule has 1 aliphatic rings. The van der Waals surface area contributed by atoms with E-state index < -0.39 is 5.97 Å². The van der Waals surface area contributed by atoms with Crippen LogP contribution in [0.2, 0.25) is 0 Å². The lowest BCUT2D eigenvalue weighted by molar-refractivity contribution is -0.137. The number of phenolic OH excluding ortho intramolecular Hbond substituents is 1. The van der Waals surface area contributed by atoms with Crippen LogP contribution in [0.15, 0.2) is 65.1 Å². The first kappa shape index (κ1) is 33.0. The van der Waals surface area contributed by atoms with Crippen molar-refractivity contribution >= 4 is 23.9 Å². The number of carboxylic acid groups (broad SMARTS) is 1. The predicted octanol–water partition coefficient (Wildman–Crippen LogP) is 4.07. The molecule has 0 spiro atoms. The van der Waals surface area contributed by atoms with E-state index in [-0.39, 0.29) is 31.0 Å². The van der Waals surface area contributed by atoms with Gasteiger partial charge in [-0.3, -0.25) is 24.3 Å². The number of hydrogen-bond donors (Lipinski definition) is 3. The fourth-order valence-electron chi connectivity index (χ4n) is 4.73. The van der Waals surface area contributed by atoms with E-state index in [0.717, 1.165) is 42.8 Å². The number of aliphatic hydroxyl groups is 1. The van der Waals surface area contributed by atoms with Crippen molar-refractivity contribution < 1.29 is 29.3 Å². The van der Waals surface area contributed by atoms with E-state index in [2.05, 4.69) is 28.3 Å². The molecule has 1 fully saturated rings. The Morgan fingerprint density at radius 1 is 1.07 bits per heavy atom. The van der Waals surface area contributed by atoms with E-state index in [0.29, 0.717) is 17.9 Å². The first-order valence-electron chi connectivity index (χ1n) is 12.9. The summed E-state index contributed by atoms with van der Waals surface area (Å²) in [6.45, 7) is 5.48. The molecular formula is C30H40ClN3O6. The molecule has 1 aromatic heterocycles. The Hall–Kier alpha value is -3.21. The topological polar surface area (TPSA) is 118 Å². The lowest BCUT2D eigenvalue weighted by atomic mass is 9.93. The van der Waals surface area contributed by atoms with Crippen molar-refractivity contribution in [2.75, 3.05) is 46.7 Å². The molecule has 0 saturated carbocycles. The number of hydrogen-bond acceptors (Lipinski definition) is 8. The van der Waals surface area contributed by atoms with Crippen molar-refractivity contribution in [1.82, 2.24) is 14.7 Å². The molecule has 2 heterocycles. The highest BCUT2D eigenvalue weighted by molar-refractivity contribution is 6.15. The van der Waals surface area contributed by atoms with Crippen molar-refractivity contribution in [3.63, 3.8) is 0 Å². The van der Waals surface area contributed by atoms with E-state index in [1.165, 1.54) is 6.38 Å². The van der Waals surface area contributed by atoms with Gasteiger partial charge in [0.25, 0.3) is 0 Å². The van der Waals surface area contributed by atoms with E-state index in [9.17, 15) is 19.8 Å². The zero-order valence-corrected chi connectivity index (χ0v) is 24.3. The van der Waals surface area contributed by atoms with Gasteiger partial charge >= 0.3 is 5.97 Å². The lowest BCUT2D eigenvalue weighted by Gasteiger charge is -2.44. The van der Waals surface area contributed by atoms with Gasteiger partial charge in [-0.15, -0.1) is 11.6 Å². The van der Waals surface area contributed by atoms with E-state index in [1.807, 2.05) is 42.5 Å². The summed E-state index contributed by atoms with van der Waals surface area (Å²) in [6, 6.07) is 19.0. The average molecular weight is 574 g/mol. The normalized spacial score (nSPS) is 16.3. The molecule has 40 heavy (non-hydrogen) atoms. The number of carbonyl (C=O) groups is 2. The number of nitrogens with zero attached hydrogens (tertiary/aromatic N) is 3. The van der Waals surface area contributed by atoms with Crippen molar-refractivity contribution in [3.05, 3.63) is 88.9 Å². The molecule has 1 aliphatic heterocycles. The third-order valence-electron chi connectivity index (χ3n) is 6.35. The maximum absolute atomic E-state index is 11.4. The summed E-state index contributed by atoms with van der Waals surface area (Å²) < 4.78 is 5.66. The maximum Gasteiger partial charge on any atom is 0.317 e. The number of aliphatic carboxylic acids is 1. The van der Waals surface area contributed by atoms with Gasteiger partial charge in [0.05, 0.1) is 19.1 Å². The van der Waals surface area contributed by atoms with Crippen LogP contribution in [0, 0.1) is 0 Å². The van der Waals surface area contributed by atoms with Crippen LogP contribution in [0.3, 0.4) is 0 Å². The Kier molecular flexibility index (Phi) is 13.9. The quantitative estimate of drug-likeness (QED) is 0.257. The molecule has 0 radical (unpaired) electrons. The molecule has 2 aromatic carbocycles. The van der Waals surface area contributed by atoms with E-state index in [1.54, 1.807) is 37.2 Å². The summed E-state index contributed by atoms with van der Waals surface area (Å²) in [7, 11) is 3.43. The van der Waals surface area contributed by atoms with Gasteiger partial charge in [0, 0.05) is 37.6 Å². The first-order chi connectivity index (χ1) is 19.2. The maximum atomic E-state index is 11.4. The number of halogens is 1. The molecule has 10 heteroatoms. The average Bonchev–Trinajstić information content (AvgIpc) is 3.38. The molecule has 4 rings (SSSR count). The summed E-state index contributed by atoms with van der Waals surface area (Å²) in [5.41, 5.74) is 2.68. The summed E-state index contributed by atoms with van der Waals surface area (Å²) in [5.74, 6) is 0.886. The van der Waals surface area contributed by atoms with Crippen molar-refractivity contribution in [1.29, 1.82) is 0 Å². The van der Waals surface area contributed by atoms with Crippen molar-refractivity contribution in [3.8, 4) is 5.75 Å². The number of benzene rings is 2. The zero-order chi connectivity index (χ0) is 29.7. The SMILES string of the molecule is CC1CN(Cc2ccc(CO)o2)CCN1C(c1cccc(O)c1)c1cccc(C=O)c1.CCl.CN(C)CC(=O)O. The second-order valence-corrected chi connectivity index (χ2v) is 9.77. The highest BCUT2D eigenvalue weighted by Gasteiger charge is 2.32. The summed E-state index contributed by atoms with van der Waals surface area (Å²) in [6.07, 6.45) is 2.34. The molecule has 2 unspecified atom stereocenters. The third kappa shape index (κ3) is 10.1. The molecule has 218 valence electrons. The van der Waals surface area contributed by atoms with E-state index in [4.69, 9.17) is 9.52 Å². The second kappa shape index (κ2) is 16.8. The van der Waals surface area contributed by atoms with Gasteiger partial charge in [-0.05, 0) is 62.5 Å². The van der Waals surface area contributed by atoms with Gasteiger partial charge < -0.3 is 19.7 Å². The Bertz CT molecular complexity index is 1200. The molecule has 0 amide bonds. The van der Waals surface area contributed by atoms with E-state index >= 15 is 0 Å². The van der Waals surface area contributed by atoms with Crippen LogP contribution in [0.5, 0.6) is 5.75 Å². The van der Waals surface area contributed by atoms with Crippen molar-refractivity contribution in [2.45, 2.75) is 32.2 Å². The summed E-state index contributed by atoms with van der Waals surface area (Å²) in [4.78, 5) is 27.5. The Labute approximate surface area is 241 Å². The minimum atomic E-state index is -0.787. The molecule has 9 nitrogen and oxygen atoms in total. The van der Waals surface area contributed by atoms with Gasteiger partial charge in [-0.25, -0.2) is 0 Å². The lowest BCUT2D eigenvalue weighted by Crippen LogP contribution is -2.52. The van der Waals surface area contributed by atoms with Crippen LogP contribution in [0.4, 0.5) is 0 Å². The fraction of sp³-hybridized carbons (Fsp3) is 0.400. The third-order valence-corrected chi connectivity index (χ3v) is 6.35. The predicted molar refractivity (Wildman–Crippen MR) is 156 cm³/mol. The number of likely N-dealkylation sites (N-methyl/N-ethyl adjacent to an activating group) is 1. The van der Waals surface area contributed by atoms with Crippen LogP contribution >= 0.6 is 11.6 Å². The Morgan fingerprint density at radius 3 is 2.25 bits per heavy atom. The van der Waals surface area contributed by atoms with Gasteiger partial charge in [0.1, 0.15) is 30.2 Å². The first-order valence-corrected chi connectivity index (χ1v) is 13.7. The zero-order valence-electron chi connectivity index (χ0n) is 23.5. The number of piperazine rings is 1. The fourth-order valence-corrected chi connectivity index (χ4v) is 4.73. The van der Waals surface area contributed by atoms with Gasteiger partial charge in [-0.2, -0.15) is 0 Å². The number of carboxylic acids is 1. The molecule has 3 aromatic rings. The number of phenols is 1. The molecule has 1 saturated heterocycles. The molecular weight excluding hydrogens is 534 g/mol. The highest BCUT2D eigenvalue weighted by Crippen LogP contribution is 2.34. The standard InChI is InChI=1S/C25H28N2O4.C4H9NO2.CH3Cl/c1-18-14-26(15-23-8-9-24(17-29)31-23)10-11-27(18)25(21-6-3-7-22(30)13-21)20-5-2-4-19(12-20)16-28;1-5(2)3-4(6)7;1-2/h2-9,12-13,16,18,25,29-30H,10-11,14-15,17H2,1H3;3H2,1-2H3,(H,6,7);1H3. The monoisotopic (exact) mass is 573 g/mol. The number of carbonyl (C=O) groups excluding carboxylic acids is 1. The number of alkyl halides is 1. The molecule has 0 aliphatic carbocycles. The second-order valence-electron chi connectivity index (χ2n) is 9.77. The summed E-state index contributed by atoms with van der Waals surface area (Å²) in [5, 5.41) is 27.3. The smallest absolute Gasteiger partial charge is 0.317 e. The largest absolute Gasteiger partial charge is 0.508 e. The number of rotatable bonds is 9. The minimum absolute atomic E-state index is 0.0613. The highest BCUT2D eigenvalue weighted by atomic mass is 35.5. The van der Waals surface area contributed by atoms with Crippen molar-refractivity contribution in [2.24, 2.45) is 0 Å². The van der Waals surface area contributed by atoms with Crippen LogP contribution < -0.4 is 0 Å². The number of aldehydes is 1. The van der Waals surface area contributed by atoms with Crippen LogP contribution in [0.1, 0.15) is 46.0 Å². The minimum Gasteiger partial charge on any atom is -0.508 e. The van der Waals surface area contributed by atoms with Gasteiger partial charge in [0.15, 0.2) is 0 Å². The Balaban J connectivity index is 0.000000545. The van der Waals surface area contributed by atoms with Gasteiger partial charge in [0.2, 0.25) is 0 Å². The molecule has 3 N–H and O–H groups in total. The van der Waals surface area contributed by atoms with Crippen LogP contribution in [-0.2, 0) is 17.9 Å². The molecule has 0 bridgehead atoms.